The number of rotatable bonds is 7. The molecule has 1 saturated carbocycles. The Hall–Kier alpha value is -2.83. The second kappa shape index (κ2) is 6.95. The predicted octanol–water partition coefficient (Wildman–Crippen LogP) is 2.03. The Labute approximate surface area is 134 Å². The smallest absolute Gasteiger partial charge is 0.269 e. The molecule has 0 atom stereocenters. The molecule has 1 amide bonds. The molecule has 1 fully saturated rings. The Balaban J connectivity index is 1.52. The quantitative estimate of drug-likeness (QED) is 0.761. The van der Waals surface area contributed by atoms with Crippen LogP contribution in [0.15, 0.2) is 36.5 Å². The molecule has 0 aliphatic heterocycles. The molecule has 1 aliphatic carbocycles. The van der Waals surface area contributed by atoms with Gasteiger partial charge in [0.1, 0.15) is 5.75 Å². The van der Waals surface area contributed by atoms with Gasteiger partial charge in [-0.25, -0.2) is 4.98 Å². The van der Waals surface area contributed by atoms with Gasteiger partial charge in [-0.1, -0.05) is 0 Å². The van der Waals surface area contributed by atoms with Crippen molar-refractivity contribution in [1.29, 1.82) is 0 Å². The number of anilines is 1. The minimum atomic E-state index is -0.287. The summed E-state index contributed by atoms with van der Waals surface area (Å²) in [5.74, 6) is 1.85. The van der Waals surface area contributed by atoms with Crippen LogP contribution < -0.4 is 20.3 Å². The number of nitrogens with one attached hydrogen (secondary N) is 2. The molecular weight excluding hydrogens is 296 g/mol. The van der Waals surface area contributed by atoms with Gasteiger partial charge in [0, 0.05) is 17.8 Å². The number of carbonyl (C=O) groups is 1. The molecule has 1 aromatic heterocycles. The number of amides is 1. The third-order valence-electron chi connectivity index (χ3n) is 3.43. The van der Waals surface area contributed by atoms with Crippen LogP contribution in [0.2, 0.25) is 0 Å². The number of nitrogens with zero attached hydrogens (tertiary/aromatic N) is 2. The third kappa shape index (κ3) is 4.32. The van der Waals surface area contributed by atoms with Gasteiger partial charge in [0.25, 0.3) is 5.91 Å². The average Bonchev–Trinajstić information content (AvgIpc) is 3.43. The lowest BCUT2D eigenvalue weighted by Gasteiger charge is -2.09. The van der Waals surface area contributed by atoms with Gasteiger partial charge in [0.2, 0.25) is 11.8 Å². The van der Waals surface area contributed by atoms with Crippen molar-refractivity contribution < 1.29 is 14.3 Å². The first kappa shape index (κ1) is 15.1. The van der Waals surface area contributed by atoms with Crippen molar-refractivity contribution >= 4 is 11.9 Å². The number of hydrogen-bond donors (Lipinski definition) is 2. The number of carbonyl (C=O) groups excluding carboxylic acids is 1. The molecule has 7 nitrogen and oxygen atoms in total. The Bertz CT molecular complexity index is 671. The van der Waals surface area contributed by atoms with Crippen LogP contribution in [0.3, 0.4) is 0 Å². The van der Waals surface area contributed by atoms with Gasteiger partial charge in [-0.15, -0.1) is 0 Å². The number of ether oxygens (including phenoxy) is 2. The second-order valence-electron chi connectivity index (χ2n) is 5.28. The van der Waals surface area contributed by atoms with E-state index in [1.165, 1.54) is 26.1 Å². The minimum Gasteiger partial charge on any atom is -0.493 e. The summed E-state index contributed by atoms with van der Waals surface area (Å²) in [6.07, 6.45) is 4.03. The van der Waals surface area contributed by atoms with Crippen molar-refractivity contribution in [3.8, 4) is 11.6 Å². The zero-order valence-corrected chi connectivity index (χ0v) is 12.8. The van der Waals surface area contributed by atoms with Crippen LogP contribution in [0.5, 0.6) is 11.6 Å². The van der Waals surface area contributed by atoms with E-state index in [-0.39, 0.29) is 11.9 Å². The van der Waals surface area contributed by atoms with Gasteiger partial charge in [-0.3, -0.25) is 15.6 Å². The van der Waals surface area contributed by atoms with Crippen molar-refractivity contribution in [3.05, 3.63) is 42.1 Å². The lowest BCUT2D eigenvalue weighted by Crippen LogP contribution is -2.30. The van der Waals surface area contributed by atoms with E-state index < -0.39 is 0 Å². The van der Waals surface area contributed by atoms with E-state index in [4.69, 9.17) is 9.47 Å². The highest BCUT2D eigenvalue weighted by Crippen LogP contribution is 2.29. The van der Waals surface area contributed by atoms with Gasteiger partial charge < -0.3 is 9.47 Å². The monoisotopic (exact) mass is 314 g/mol. The number of benzene rings is 1. The van der Waals surface area contributed by atoms with Gasteiger partial charge in [0.15, 0.2) is 0 Å². The highest BCUT2D eigenvalue weighted by molar-refractivity contribution is 5.94. The Morgan fingerprint density at radius 2 is 2.04 bits per heavy atom. The van der Waals surface area contributed by atoms with Gasteiger partial charge >= 0.3 is 0 Å². The van der Waals surface area contributed by atoms with Crippen LogP contribution in [-0.4, -0.2) is 29.6 Å². The van der Waals surface area contributed by atoms with E-state index in [0.29, 0.717) is 17.4 Å². The van der Waals surface area contributed by atoms with E-state index in [9.17, 15) is 4.79 Å². The van der Waals surface area contributed by atoms with Crippen LogP contribution in [0.1, 0.15) is 23.2 Å². The molecule has 2 N–H and O–H groups in total. The predicted molar refractivity (Wildman–Crippen MR) is 84.3 cm³/mol. The number of hydrazine groups is 1. The summed E-state index contributed by atoms with van der Waals surface area (Å²) >= 11 is 0. The van der Waals surface area contributed by atoms with E-state index in [1.54, 1.807) is 30.3 Å². The highest BCUT2D eigenvalue weighted by Gasteiger charge is 2.21. The molecule has 0 bridgehead atoms. The molecule has 2 aromatic rings. The number of hydrogen-bond acceptors (Lipinski definition) is 6. The topological polar surface area (TPSA) is 85.4 Å². The lowest BCUT2D eigenvalue weighted by atomic mass is 10.2. The lowest BCUT2D eigenvalue weighted by molar-refractivity contribution is 0.0962. The molecule has 23 heavy (non-hydrogen) atoms. The molecule has 0 unspecified atom stereocenters. The van der Waals surface area contributed by atoms with Crippen LogP contribution in [0, 0.1) is 5.92 Å². The fraction of sp³-hybridized carbons (Fsp3) is 0.312. The van der Waals surface area contributed by atoms with Gasteiger partial charge in [-0.2, -0.15) is 4.98 Å². The van der Waals surface area contributed by atoms with Gasteiger partial charge in [-0.05, 0) is 43.0 Å². The molecule has 0 saturated heterocycles. The number of methoxy groups -OCH3 is 1. The minimum absolute atomic E-state index is 0.252. The maximum atomic E-state index is 12.1. The zero-order chi connectivity index (χ0) is 16.1. The van der Waals surface area contributed by atoms with Crippen molar-refractivity contribution in [2.45, 2.75) is 12.8 Å². The summed E-state index contributed by atoms with van der Waals surface area (Å²) in [6, 6.07) is 8.63. The van der Waals surface area contributed by atoms with Crippen molar-refractivity contribution in [3.63, 3.8) is 0 Å². The highest BCUT2D eigenvalue weighted by atomic mass is 16.5. The maximum Gasteiger partial charge on any atom is 0.269 e. The maximum absolute atomic E-state index is 12.1. The molecule has 0 spiro atoms. The standard InChI is InChI=1S/C16H18N4O3/c1-22-14-8-9-17-16(18-14)20-19-15(21)12-4-6-13(7-5-12)23-10-11-2-3-11/h4-9,11H,2-3,10H2,1H3,(H,19,21)(H,17,18,20). The fourth-order valence-corrected chi connectivity index (χ4v) is 1.90. The first-order valence-electron chi connectivity index (χ1n) is 7.41. The molecule has 1 aliphatic rings. The second-order valence-corrected chi connectivity index (χ2v) is 5.28. The van der Waals surface area contributed by atoms with Crippen molar-refractivity contribution in [2.24, 2.45) is 5.92 Å². The third-order valence-corrected chi connectivity index (χ3v) is 3.43. The summed E-state index contributed by atoms with van der Waals surface area (Å²) in [6.45, 7) is 0.750. The van der Waals surface area contributed by atoms with E-state index in [0.717, 1.165) is 12.4 Å². The first-order chi connectivity index (χ1) is 11.2. The van der Waals surface area contributed by atoms with Crippen LogP contribution >= 0.6 is 0 Å². The molecule has 1 aromatic carbocycles. The zero-order valence-electron chi connectivity index (χ0n) is 12.8. The molecular formula is C16H18N4O3. The SMILES string of the molecule is COc1ccnc(NNC(=O)c2ccc(OCC3CC3)cc2)n1. The van der Waals surface area contributed by atoms with Crippen LogP contribution in [0.4, 0.5) is 5.95 Å². The van der Waals surface area contributed by atoms with E-state index in [1.807, 2.05) is 0 Å². The summed E-state index contributed by atoms with van der Waals surface area (Å²) in [7, 11) is 1.51. The normalized spacial score (nSPS) is 13.3. The summed E-state index contributed by atoms with van der Waals surface area (Å²) in [4.78, 5) is 20.1. The largest absolute Gasteiger partial charge is 0.493 e. The first-order valence-corrected chi connectivity index (χ1v) is 7.41. The summed E-state index contributed by atoms with van der Waals surface area (Å²) in [5, 5.41) is 0. The van der Waals surface area contributed by atoms with Crippen molar-refractivity contribution in [1.82, 2.24) is 15.4 Å². The Kier molecular flexibility index (Phi) is 4.56. The van der Waals surface area contributed by atoms with E-state index in [2.05, 4.69) is 20.8 Å². The molecule has 0 radical (unpaired) electrons. The Morgan fingerprint density at radius 1 is 1.26 bits per heavy atom. The van der Waals surface area contributed by atoms with Gasteiger partial charge in [0.05, 0.1) is 13.7 Å². The van der Waals surface area contributed by atoms with E-state index >= 15 is 0 Å². The fourth-order valence-electron chi connectivity index (χ4n) is 1.90. The Morgan fingerprint density at radius 3 is 2.74 bits per heavy atom. The summed E-state index contributed by atoms with van der Waals surface area (Å²) < 4.78 is 10.6. The van der Waals surface area contributed by atoms with Crippen molar-refractivity contribution in [2.75, 3.05) is 19.1 Å². The molecule has 120 valence electrons. The molecule has 3 rings (SSSR count). The average molecular weight is 314 g/mol. The summed E-state index contributed by atoms with van der Waals surface area (Å²) in [5.41, 5.74) is 5.70. The number of aromatic nitrogens is 2. The molecule has 7 heteroatoms. The molecule has 1 heterocycles. The van der Waals surface area contributed by atoms with Crippen LogP contribution in [-0.2, 0) is 0 Å². The van der Waals surface area contributed by atoms with Crippen LogP contribution in [0.25, 0.3) is 0 Å².